The molecule has 0 saturated heterocycles. The van der Waals surface area contributed by atoms with Crippen LogP contribution < -0.4 is 5.73 Å². The van der Waals surface area contributed by atoms with Gasteiger partial charge in [-0.1, -0.05) is 6.07 Å². The molecule has 3 aromatic rings. The highest BCUT2D eigenvalue weighted by Crippen LogP contribution is 2.15. The van der Waals surface area contributed by atoms with Crippen molar-refractivity contribution < 1.29 is 0 Å². The molecule has 3 heterocycles. The van der Waals surface area contributed by atoms with Crippen LogP contribution in [0.1, 0.15) is 0 Å². The molecule has 0 aromatic carbocycles. The predicted octanol–water partition coefficient (Wildman–Crippen LogP) is 1.89. The number of halogens is 1. The van der Waals surface area contributed by atoms with Crippen LogP contribution in [0, 0.1) is 0 Å². The van der Waals surface area contributed by atoms with Crippen LogP contribution in [-0.4, -0.2) is 14.4 Å². The fourth-order valence-electron chi connectivity index (χ4n) is 1.55. The molecule has 0 aliphatic carbocycles. The summed E-state index contributed by atoms with van der Waals surface area (Å²) >= 11 is 0. The lowest BCUT2D eigenvalue weighted by atomic mass is 10.4. The first-order valence-corrected chi connectivity index (χ1v) is 4.34. The Morgan fingerprint density at radius 3 is 2.80 bits per heavy atom. The van der Waals surface area contributed by atoms with E-state index in [1.807, 2.05) is 34.9 Å². The van der Waals surface area contributed by atoms with E-state index in [0.717, 1.165) is 16.8 Å². The number of hydrogen-bond acceptors (Lipinski definition) is 3. The number of nitrogens with zero attached hydrogens (tertiary/aromatic N) is 3. The highest BCUT2D eigenvalue weighted by molar-refractivity contribution is 5.85. The van der Waals surface area contributed by atoms with Crippen LogP contribution in [0.5, 0.6) is 0 Å². The molecule has 2 N–H and O–H groups in total. The maximum atomic E-state index is 5.62. The summed E-state index contributed by atoms with van der Waals surface area (Å²) in [6.07, 6.45) is 1.93. The number of hydrogen-bond donors (Lipinski definition) is 1. The molecule has 0 bridgehead atoms. The molecule has 0 aliphatic rings. The van der Waals surface area contributed by atoms with Crippen molar-refractivity contribution in [2.45, 2.75) is 0 Å². The Kier molecular flexibility index (Phi) is 2.21. The zero-order valence-corrected chi connectivity index (χ0v) is 8.61. The fraction of sp³-hybridized carbons (Fsp3) is 0. The highest BCUT2D eigenvalue weighted by atomic mass is 35.5. The van der Waals surface area contributed by atoms with Crippen molar-refractivity contribution in [2.75, 3.05) is 5.73 Å². The number of nitrogen functional groups attached to an aromatic ring is 1. The van der Waals surface area contributed by atoms with E-state index in [9.17, 15) is 0 Å². The van der Waals surface area contributed by atoms with Crippen LogP contribution in [0.25, 0.3) is 16.8 Å². The Balaban J connectivity index is 0.000000853. The summed E-state index contributed by atoms with van der Waals surface area (Å²) in [5, 5.41) is 0. The number of aromatic nitrogens is 3. The van der Waals surface area contributed by atoms with Gasteiger partial charge in [-0.3, -0.25) is 4.40 Å². The summed E-state index contributed by atoms with van der Waals surface area (Å²) in [5.74, 6) is 0.517. The predicted molar refractivity (Wildman–Crippen MR) is 62.2 cm³/mol. The number of imidazole rings is 1. The van der Waals surface area contributed by atoms with E-state index in [2.05, 4.69) is 9.97 Å². The molecule has 0 fully saturated rings. The number of pyridine rings is 2. The van der Waals surface area contributed by atoms with Gasteiger partial charge in [-0.15, -0.1) is 12.4 Å². The van der Waals surface area contributed by atoms with Gasteiger partial charge in [-0.25, -0.2) is 9.97 Å². The minimum atomic E-state index is 0. The van der Waals surface area contributed by atoms with Crippen molar-refractivity contribution >= 4 is 35.0 Å². The molecular weight excluding hydrogens is 212 g/mol. The molecule has 0 radical (unpaired) electrons. The molecule has 0 atom stereocenters. The second-order valence-corrected chi connectivity index (χ2v) is 3.12. The maximum Gasteiger partial charge on any atom is 0.166 e. The van der Waals surface area contributed by atoms with Crippen molar-refractivity contribution in [3.8, 4) is 0 Å². The fourth-order valence-corrected chi connectivity index (χ4v) is 1.55. The van der Waals surface area contributed by atoms with Crippen LogP contribution in [0.3, 0.4) is 0 Å². The van der Waals surface area contributed by atoms with Gasteiger partial charge >= 0.3 is 0 Å². The van der Waals surface area contributed by atoms with Crippen LogP contribution in [-0.2, 0) is 0 Å². The molecular formula is C10H9ClN4. The Labute approximate surface area is 92.2 Å². The van der Waals surface area contributed by atoms with Crippen LogP contribution in [0.15, 0.2) is 36.5 Å². The molecule has 0 aliphatic heterocycles. The van der Waals surface area contributed by atoms with Crippen molar-refractivity contribution in [3.05, 3.63) is 36.5 Å². The zero-order valence-electron chi connectivity index (χ0n) is 7.79. The van der Waals surface area contributed by atoms with Gasteiger partial charge in [-0.05, 0) is 24.3 Å². The largest absolute Gasteiger partial charge is 0.384 e. The first-order valence-electron chi connectivity index (χ1n) is 4.34. The molecule has 3 aromatic heterocycles. The lowest BCUT2D eigenvalue weighted by molar-refractivity contribution is 1.19. The van der Waals surface area contributed by atoms with Gasteiger partial charge in [0.1, 0.15) is 17.0 Å². The molecule has 3 rings (SSSR count). The van der Waals surface area contributed by atoms with Crippen LogP contribution in [0.4, 0.5) is 5.82 Å². The minimum Gasteiger partial charge on any atom is -0.384 e. The van der Waals surface area contributed by atoms with Crippen LogP contribution in [0.2, 0.25) is 0 Å². The van der Waals surface area contributed by atoms with Crippen molar-refractivity contribution in [1.29, 1.82) is 0 Å². The number of nitrogens with two attached hydrogens (primary N) is 1. The van der Waals surface area contributed by atoms with Gasteiger partial charge in [0.15, 0.2) is 5.65 Å². The summed E-state index contributed by atoms with van der Waals surface area (Å²) in [6.45, 7) is 0. The third kappa shape index (κ3) is 1.39. The normalized spacial score (nSPS) is 10.4. The van der Waals surface area contributed by atoms with Gasteiger partial charge in [0, 0.05) is 6.20 Å². The third-order valence-electron chi connectivity index (χ3n) is 2.18. The summed E-state index contributed by atoms with van der Waals surface area (Å²) in [6, 6.07) is 9.47. The van der Waals surface area contributed by atoms with E-state index in [1.54, 1.807) is 6.07 Å². The molecule has 0 saturated carbocycles. The Hall–Kier alpha value is -1.81. The smallest absolute Gasteiger partial charge is 0.166 e. The minimum absolute atomic E-state index is 0. The van der Waals surface area contributed by atoms with Crippen molar-refractivity contribution in [2.24, 2.45) is 0 Å². The van der Waals surface area contributed by atoms with Crippen molar-refractivity contribution in [3.63, 3.8) is 0 Å². The van der Waals surface area contributed by atoms with E-state index in [-0.39, 0.29) is 12.4 Å². The van der Waals surface area contributed by atoms with Gasteiger partial charge in [0.2, 0.25) is 0 Å². The number of fused-ring (bicyclic) bond motifs is 3. The van der Waals surface area contributed by atoms with E-state index < -0.39 is 0 Å². The van der Waals surface area contributed by atoms with E-state index in [1.165, 1.54) is 0 Å². The second kappa shape index (κ2) is 3.40. The van der Waals surface area contributed by atoms with Gasteiger partial charge in [0.05, 0.1) is 0 Å². The Bertz CT molecular complexity index is 617. The Morgan fingerprint density at radius 1 is 1.07 bits per heavy atom. The summed E-state index contributed by atoms with van der Waals surface area (Å²) in [7, 11) is 0. The Morgan fingerprint density at radius 2 is 1.93 bits per heavy atom. The molecule has 0 amide bonds. The SMILES string of the molecule is Cl.Nc1ccc2nc3ccccn3c2n1. The number of anilines is 1. The van der Waals surface area contributed by atoms with E-state index in [0.29, 0.717) is 5.82 Å². The molecule has 0 spiro atoms. The topological polar surface area (TPSA) is 56.2 Å². The molecule has 76 valence electrons. The lowest BCUT2D eigenvalue weighted by Gasteiger charge is -1.93. The molecule has 0 unspecified atom stereocenters. The molecule has 15 heavy (non-hydrogen) atoms. The van der Waals surface area contributed by atoms with Crippen molar-refractivity contribution in [1.82, 2.24) is 14.4 Å². The van der Waals surface area contributed by atoms with Gasteiger partial charge in [0.25, 0.3) is 0 Å². The monoisotopic (exact) mass is 220 g/mol. The average molecular weight is 221 g/mol. The van der Waals surface area contributed by atoms with Gasteiger partial charge in [-0.2, -0.15) is 0 Å². The van der Waals surface area contributed by atoms with Crippen LogP contribution >= 0.6 is 12.4 Å². The first kappa shape index (κ1) is 9.73. The molecule has 4 nitrogen and oxygen atoms in total. The zero-order chi connectivity index (χ0) is 9.54. The second-order valence-electron chi connectivity index (χ2n) is 3.12. The van der Waals surface area contributed by atoms with E-state index in [4.69, 9.17) is 5.73 Å². The molecule has 5 heteroatoms. The average Bonchev–Trinajstić information content (AvgIpc) is 2.56. The standard InChI is InChI=1S/C10H8N4.ClH/c11-8-5-4-7-10(13-8)14-6-2-1-3-9(14)12-7;/h1-6H,(H2,11,13);1H. The highest BCUT2D eigenvalue weighted by Gasteiger charge is 2.03. The quantitative estimate of drug-likeness (QED) is 0.630. The maximum absolute atomic E-state index is 5.62. The first-order chi connectivity index (χ1) is 6.84. The number of rotatable bonds is 0. The van der Waals surface area contributed by atoms with Gasteiger partial charge < -0.3 is 5.73 Å². The lowest BCUT2D eigenvalue weighted by Crippen LogP contribution is -1.91. The summed E-state index contributed by atoms with van der Waals surface area (Å²) in [4.78, 5) is 8.64. The van der Waals surface area contributed by atoms with E-state index >= 15 is 0 Å². The third-order valence-corrected chi connectivity index (χ3v) is 2.18. The summed E-state index contributed by atoms with van der Waals surface area (Å²) in [5.41, 5.74) is 8.18. The summed E-state index contributed by atoms with van der Waals surface area (Å²) < 4.78 is 1.92.